The molecule has 1 N–H and O–H groups in total. The van der Waals surface area contributed by atoms with E-state index in [1.165, 1.54) is 25.9 Å². The predicted octanol–water partition coefficient (Wildman–Crippen LogP) is 3.50. The largest absolute Gasteiger partial charge is 0.351 e. The first kappa shape index (κ1) is 18.4. The van der Waals surface area contributed by atoms with Crippen LogP contribution in [-0.4, -0.2) is 42.0 Å². The van der Waals surface area contributed by atoms with Gasteiger partial charge in [0.1, 0.15) is 4.88 Å². The summed E-state index contributed by atoms with van der Waals surface area (Å²) < 4.78 is 0. The Hall–Kier alpha value is -0.940. The lowest BCUT2D eigenvalue weighted by Gasteiger charge is -2.30. The summed E-state index contributed by atoms with van der Waals surface area (Å²) in [6.45, 7) is 12.9. The Kier molecular flexibility index (Phi) is 7.03. The number of nitrogens with zero attached hydrogens (tertiary/aromatic N) is 2. The van der Waals surface area contributed by atoms with Crippen LogP contribution >= 0.6 is 11.3 Å². The minimum absolute atomic E-state index is 0.0438. The number of hydrogen-bond donors (Lipinski definition) is 1. The van der Waals surface area contributed by atoms with E-state index in [2.05, 4.69) is 36.0 Å². The summed E-state index contributed by atoms with van der Waals surface area (Å²) in [6.07, 6.45) is 4.60. The van der Waals surface area contributed by atoms with Gasteiger partial charge >= 0.3 is 0 Å². The number of amides is 1. The summed E-state index contributed by atoms with van der Waals surface area (Å²) in [6, 6.07) is 0. The SMILES string of the molecule is Cc1nc(CC(C)C)sc1C(=O)NCCCN1CCC(C)CC1. The van der Waals surface area contributed by atoms with Crippen molar-refractivity contribution in [1.29, 1.82) is 0 Å². The number of hydrogen-bond acceptors (Lipinski definition) is 4. The first-order valence-corrected chi connectivity index (χ1v) is 9.74. The molecule has 1 fully saturated rings. The van der Waals surface area contributed by atoms with Crippen molar-refractivity contribution >= 4 is 17.2 Å². The average molecular weight is 338 g/mol. The van der Waals surface area contributed by atoms with Gasteiger partial charge in [-0.25, -0.2) is 4.98 Å². The Labute approximate surface area is 144 Å². The van der Waals surface area contributed by atoms with E-state index in [-0.39, 0.29) is 5.91 Å². The fraction of sp³-hybridized carbons (Fsp3) is 0.778. The average Bonchev–Trinajstić information content (AvgIpc) is 2.85. The number of aryl methyl sites for hydroxylation is 1. The Bertz CT molecular complexity index is 504. The summed E-state index contributed by atoms with van der Waals surface area (Å²) >= 11 is 1.55. The molecular formula is C18H31N3OS. The first-order chi connectivity index (χ1) is 11.0. The van der Waals surface area contributed by atoms with E-state index in [4.69, 9.17) is 0 Å². The van der Waals surface area contributed by atoms with Crippen molar-refractivity contribution in [2.75, 3.05) is 26.2 Å². The number of carbonyl (C=O) groups excluding carboxylic acids is 1. The summed E-state index contributed by atoms with van der Waals surface area (Å²) in [7, 11) is 0. The fourth-order valence-corrected chi connectivity index (χ4v) is 4.16. The van der Waals surface area contributed by atoms with Crippen LogP contribution in [0.3, 0.4) is 0 Å². The summed E-state index contributed by atoms with van der Waals surface area (Å²) in [5, 5.41) is 4.13. The molecule has 1 aliphatic rings. The minimum atomic E-state index is 0.0438. The van der Waals surface area contributed by atoms with Crippen molar-refractivity contribution in [3.8, 4) is 0 Å². The van der Waals surface area contributed by atoms with Crippen molar-refractivity contribution in [1.82, 2.24) is 15.2 Å². The maximum absolute atomic E-state index is 12.3. The Morgan fingerprint density at radius 1 is 1.39 bits per heavy atom. The van der Waals surface area contributed by atoms with Gasteiger partial charge in [0.2, 0.25) is 0 Å². The molecule has 0 atom stereocenters. The normalized spacial score (nSPS) is 16.9. The second kappa shape index (κ2) is 8.78. The zero-order valence-electron chi connectivity index (χ0n) is 15.0. The molecule has 1 aromatic rings. The van der Waals surface area contributed by atoms with Crippen molar-refractivity contribution < 1.29 is 4.79 Å². The quantitative estimate of drug-likeness (QED) is 0.775. The van der Waals surface area contributed by atoms with Gasteiger partial charge in [-0.1, -0.05) is 20.8 Å². The van der Waals surface area contributed by atoms with E-state index in [1.54, 1.807) is 11.3 Å². The van der Waals surface area contributed by atoms with Crippen LogP contribution in [0.1, 0.15) is 60.4 Å². The van der Waals surface area contributed by atoms with E-state index >= 15 is 0 Å². The molecule has 0 spiro atoms. The van der Waals surface area contributed by atoms with E-state index in [9.17, 15) is 4.79 Å². The molecule has 0 bridgehead atoms. The van der Waals surface area contributed by atoms with Crippen LogP contribution in [0.5, 0.6) is 0 Å². The molecule has 1 saturated heterocycles. The monoisotopic (exact) mass is 337 g/mol. The van der Waals surface area contributed by atoms with Crippen molar-refractivity contribution in [3.05, 3.63) is 15.6 Å². The van der Waals surface area contributed by atoms with Gasteiger partial charge in [0, 0.05) is 13.0 Å². The second-order valence-corrected chi connectivity index (χ2v) is 8.34. The lowest BCUT2D eigenvalue weighted by atomic mass is 9.99. The number of carbonyl (C=O) groups is 1. The maximum Gasteiger partial charge on any atom is 0.263 e. The molecule has 5 heteroatoms. The number of rotatable bonds is 7. The fourth-order valence-electron chi connectivity index (χ4n) is 2.97. The van der Waals surface area contributed by atoms with E-state index in [0.717, 1.165) is 47.4 Å². The lowest BCUT2D eigenvalue weighted by molar-refractivity contribution is 0.0954. The number of nitrogens with one attached hydrogen (secondary N) is 1. The van der Waals surface area contributed by atoms with Gasteiger partial charge in [0.05, 0.1) is 10.7 Å². The first-order valence-electron chi connectivity index (χ1n) is 8.92. The van der Waals surface area contributed by atoms with Crippen LogP contribution < -0.4 is 5.32 Å². The van der Waals surface area contributed by atoms with Crippen LogP contribution in [0.25, 0.3) is 0 Å². The summed E-state index contributed by atoms with van der Waals surface area (Å²) in [4.78, 5) is 20.1. The Morgan fingerprint density at radius 2 is 2.09 bits per heavy atom. The van der Waals surface area contributed by atoms with Gasteiger partial charge in [-0.3, -0.25) is 4.79 Å². The summed E-state index contributed by atoms with van der Waals surface area (Å²) in [5.74, 6) is 1.49. The van der Waals surface area contributed by atoms with Crippen LogP contribution in [0.15, 0.2) is 0 Å². The molecule has 130 valence electrons. The van der Waals surface area contributed by atoms with Crippen molar-refractivity contribution in [3.63, 3.8) is 0 Å². The zero-order valence-corrected chi connectivity index (χ0v) is 15.8. The third-order valence-corrected chi connectivity index (χ3v) is 5.62. The van der Waals surface area contributed by atoms with Gasteiger partial charge in [0.25, 0.3) is 5.91 Å². The molecule has 1 aliphatic heterocycles. The highest BCUT2D eigenvalue weighted by Crippen LogP contribution is 2.20. The molecule has 1 aromatic heterocycles. The molecule has 23 heavy (non-hydrogen) atoms. The Balaban J connectivity index is 1.71. The summed E-state index contributed by atoms with van der Waals surface area (Å²) in [5.41, 5.74) is 0.869. The predicted molar refractivity (Wildman–Crippen MR) is 97.2 cm³/mol. The third-order valence-electron chi connectivity index (χ3n) is 4.44. The molecule has 0 unspecified atom stereocenters. The third kappa shape index (κ3) is 5.88. The van der Waals surface area contributed by atoms with Crippen LogP contribution in [-0.2, 0) is 6.42 Å². The van der Waals surface area contributed by atoms with E-state index in [1.807, 2.05) is 6.92 Å². The highest BCUT2D eigenvalue weighted by atomic mass is 32.1. The number of piperidine rings is 1. The molecule has 2 rings (SSSR count). The Morgan fingerprint density at radius 3 is 2.74 bits per heavy atom. The molecular weight excluding hydrogens is 306 g/mol. The van der Waals surface area contributed by atoms with Gasteiger partial charge in [-0.05, 0) is 57.7 Å². The number of aromatic nitrogens is 1. The second-order valence-electron chi connectivity index (χ2n) is 7.25. The van der Waals surface area contributed by atoms with E-state index < -0.39 is 0 Å². The molecule has 4 nitrogen and oxygen atoms in total. The topological polar surface area (TPSA) is 45.2 Å². The molecule has 0 saturated carbocycles. The standard InChI is InChI=1S/C18H31N3OS/c1-13(2)12-16-20-15(4)17(23-16)18(22)19-8-5-9-21-10-6-14(3)7-11-21/h13-14H,5-12H2,1-4H3,(H,19,22). The highest BCUT2D eigenvalue weighted by Gasteiger charge is 2.17. The van der Waals surface area contributed by atoms with Crippen molar-refractivity contribution in [2.45, 2.75) is 53.4 Å². The number of likely N-dealkylation sites (tertiary alicyclic amines) is 1. The van der Waals surface area contributed by atoms with Gasteiger partial charge in [0.15, 0.2) is 0 Å². The molecule has 0 aromatic carbocycles. The molecule has 0 radical (unpaired) electrons. The van der Waals surface area contributed by atoms with Gasteiger partial charge < -0.3 is 10.2 Å². The van der Waals surface area contributed by atoms with Crippen LogP contribution in [0.4, 0.5) is 0 Å². The van der Waals surface area contributed by atoms with Crippen molar-refractivity contribution in [2.24, 2.45) is 11.8 Å². The minimum Gasteiger partial charge on any atom is -0.351 e. The molecule has 1 amide bonds. The van der Waals surface area contributed by atoms with Crippen LogP contribution in [0, 0.1) is 18.8 Å². The van der Waals surface area contributed by atoms with Gasteiger partial charge in [-0.15, -0.1) is 11.3 Å². The molecule has 0 aliphatic carbocycles. The number of thiazole rings is 1. The van der Waals surface area contributed by atoms with Crippen LogP contribution in [0.2, 0.25) is 0 Å². The lowest BCUT2D eigenvalue weighted by Crippen LogP contribution is -2.35. The van der Waals surface area contributed by atoms with E-state index in [0.29, 0.717) is 5.92 Å². The zero-order chi connectivity index (χ0) is 16.8. The van der Waals surface area contributed by atoms with Gasteiger partial charge in [-0.2, -0.15) is 0 Å². The smallest absolute Gasteiger partial charge is 0.263 e. The molecule has 2 heterocycles. The maximum atomic E-state index is 12.3. The highest BCUT2D eigenvalue weighted by molar-refractivity contribution is 7.13.